The molecule has 12 heteroatoms. The molecule has 1 amide bonds. The highest BCUT2D eigenvalue weighted by Crippen LogP contribution is 2.37. The lowest BCUT2D eigenvalue weighted by atomic mass is 9.83. The maximum Gasteiger partial charge on any atom is 0.417 e. The van der Waals surface area contributed by atoms with Gasteiger partial charge in [0.15, 0.2) is 17.5 Å². The molecule has 0 spiro atoms. The summed E-state index contributed by atoms with van der Waals surface area (Å²) in [5.41, 5.74) is -0.774. The number of anilines is 1. The molecule has 2 aromatic heterocycles. The first-order valence-electron chi connectivity index (χ1n) is 10.4. The van der Waals surface area contributed by atoms with Crippen molar-refractivity contribution in [1.82, 2.24) is 24.9 Å². The molecular weight excluding hydrogens is 459 g/mol. The lowest BCUT2D eigenvalue weighted by molar-refractivity contribution is -0.138. The number of piperidine rings is 1. The first kappa shape index (κ1) is 22.0. The normalized spacial score (nSPS) is 19.8. The minimum absolute atomic E-state index is 0.0573. The van der Waals surface area contributed by atoms with Crippen molar-refractivity contribution in [2.45, 2.75) is 25.1 Å². The van der Waals surface area contributed by atoms with Crippen molar-refractivity contribution in [2.24, 2.45) is 5.92 Å². The van der Waals surface area contributed by atoms with Crippen LogP contribution in [0, 0.1) is 17.6 Å². The lowest BCUT2D eigenvalue weighted by Gasteiger charge is -2.45. The third-order valence-electron chi connectivity index (χ3n) is 5.92. The third-order valence-corrected chi connectivity index (χ3v) is 5.92. The quantitative estimate of drug-likeness (QED) is 0.572. The van der Waals surface area contributed by atoms with E-state index < -0.39 is 35.3 Å². The fraction of sp³-hybridized carbons (Fsp3) is 0.273. The minimum atomic E-state index is -4.72. The molecule has 3 aromatic rings. The Labute approximate surface area is 189 Å². The molecular formula is C22H17F5N6O. The maximum atomic E-state index is 14.6. The van der Waals surface area contributed by atoms with Gasteiger partial charge in [0.25, 0.3) is 5.91 Å². The Morgan fingerprint density at radius 2 is 1.85 bits per heavy atom. The van der Waals surface area contributed by atoms with E-state index in [-0.39, 0.29) is 23.0 Å². The van der Waals surface area contributed by atoms with Crippen molar-refractivity contribution >= 4 is 11.7 Å². The molecule has 2 atom stereocenters. The number of nitrogens with one attached hydrogen (secondary N) is 1. The van der Waals surface area contributed by atoms with E-state index in [1.807, 2.05) is 6.08 Å². The largest absolute Gasteiger partial charge is 0.417 e. The van der Waals surface area contributed by atoms with Crippen molar-refractivity contribution in [2.75, 3.05) is 11.9 Å². The highest BCUT2D eigenvalue weighted by Gasteiger charge is 2.40. The van der Waals surface area contributed by atoms with Gasteiger partial charge < -0.3 is 10.2 Å². The number of hydrogen-bond donors (Lipinski definition) is 1. The predicted molar refractivity (Wildman–Crippen MR) is 110 cm³/mol. The molecule has 4 heterocycles. The van der Waals surface area contributed by atoms with Crippen LogP contribution in [0.3, 0.4) is 0 Å². The standard InChI is InChI=1S/C22H17F5N6O/c23-15-3-1-2-14(19(15)33-29-6-7-30-33)21(34)32-11-12-4-5-18(32)17(8-12)31-20-16(24)9-13(10-28-20)22(25,26)27/h1-3,6-10,12,18H,4-5,11H2,(H,28,31). The zero-order chi connectivity index (χ0) is 24.0. The van der Waals surface area contributed by atoms with Gasteiger partial charge >= 0.3 is 6.18 Å². The van der Waals surface area contributed by atoms with Crippen molar-refractivity contribution in [3.8, 4) is 5.69 Å². The van der Waals surface area contributed by atoms with E-state index in [0.717, 1.165) is 11.2 Å². The van der Waals surface area contributed by atoms with E-state index >= 15 is 0 Å². The highest BCUT2D eigenvalue weighted by molar-refractivity contribution is 5.98. The number of carbonyl (C=O) groups is 1. The van der Waals surface area contributed by atoms with Gasteiger partial charge in [0.05, 0.1) is 29.6 Å². The van der Waals surface area contributed by atoms with Crippen LogP contribution in [0.1, 0.15) is 28.8 Å². The molecule has 1 aromatic carbocycles. The minimum Gasteiger partial charge on any atom is -0.340 e. The number of pyridine rings is 1. The van der Waals surface area contributed by atoms with Crippen LogP contribution in [0.5, 0.6) is 0 Å². The number of fused-ring (bicyclic) bond motifs is 2. The van der Waals surface area contributed by atoms with Gasteiger partial charge in [-0.3, -0.25) is 4.79 Å². The summed E-state index contributed by atoms with van der Waals surface area (Å²) in [6, 6.07) is 3.94. The van der Waals surface area contributed by atoms with Crippen molar-refractivity contribution in [3.05, 3.63) is 77.4 Å². The molecule has 1 fully saturated rings. The molecule has 1 saturated heterocycles. The van der Waals surface area contributed by atoms with E-state index in [1.165, 1.54) is 30.6 Å². The average molecular weight is 476 g/mol. The van der Waals surface area contributed by atoms with Gasteiger partial charge in [-0.15, -0.1) is 4.80 Å². The second-order valence-corrected chi connectivity index (χ2v) is 8.06. The van der Waals surface area contributed by atoms with Crippen molar-refractivity contribution in [3.63, 3.8) is 0 Å². The van der Waals surface area contributed by atoms with Crippen LogP contribution in [0.15, 0.2) is 54.6 Å². The Morgan fingerprint density at radius 1 is 1.09 bits per heavy atom. The molecule has 3 aliphatic rings. The number of para-hydroxylation sites is 1. The first-order valence-corrected chi connectivity index (χ1v) is 10.4. The van der Waals surface area contributed by atoms with Gasteiger partial charge in [-0.2, -0.15) is 23.4 Å². The molecule has 6 rings (SSSR count). The Balaban J connectivity index is 1.44. The van der Waals surface area contributed by atoms with Crippen molar-refractivity contribution in [1.29, 1.82) is 0 Å². The summed E-state index contributed by atoms with van der Waals surface area (Å²) in [7, 11) is 0. The number of amides is 1. The van der Waals surface area contributed by atoms with Crippen LogP contribution in [-0.2, 0) is 6.18 Å². The number of rotatable bonds is 4. The summed E-state index contributed by atoms with van der Waals surface area (Å²) >= 11 is 0. The molecule has 2 aliphatic heterocycles. The summed E-state index contributed by atoms with van der Waals surface area (Å²) in [4.78, 5) is 19.7. The summed E-state index contributed by atoms with van der Waals surface area (Å²) in [5.74, 6) is -2.73. The molecule has 2 bridgehead atoms. The Morgan fingerprint density at radius 3 is 2.53 bits per heavy atom. The number of hydrogen-bond acceptors (Lipinski definition) is 5. The average Bonchev–Trinajstić information content (AvgIpc) is 3.34. The molecule has 0 saturated carbocycles. The fourth-order valence-electron chi connectivity index (χ4n) is 4.37. The number of benzene rings is 1. The molecule has 34 heavy (non-hydrogen) atoms. The molecule has 1 N–H and O–H groups in total. The van der Waals surface area contributed by atoms with Crippen LogP contribution in [0.4, 0.5) is 27.8 Å². The zero-order valence-electron chi connectivity index (χ0n) is 17.4. The molecule has 7 nitrogen and oxygen atoms in total. The van der Waals surface area contributed by atoms with Gasteiger partial charge in [-0.05, 0) is 37.0 Å². The van der Waals surface area contributed by atoms with Crippen LogP contribution >= 0.6 is 0 Å². The molecule has 176 valence electrons. The van der Waals surface area contributed by atoms with Crippen LogP contribution in [0.25, 0.3) is 5.69 Å². The van der Waals surface area contributed by atoms with Crippen LogP contribution in [-0.4, -0.2) is 43.4 Å². The monoisotopic (exact) mass is 476 g/mol. The third kappa shape index (κ3) is 3.88. The zero-order valence-corrected chi connectivity index (χ0v) is 17.4. The Bertz CT molecular complexity index is 1270. The van der Waals surface area contributed by atoms with Crippen LogP contribution < -0.4 is 5.32 Å². The Hall–Kier alpha value is -3.83. The summed E-state index contributed by atoms with van der Waals surface area (Å²) in [6.45, 7) is 0.361. The lowest BCUT2D eigenvalue weighted by Crippen LogP contribution is -2.52. The second-order valence-electron chi connectivity index (χ2n) is 8.06. The maximum absolute atomic E-state index is 14.6. The van der Waals surface area contributed by atoms with Crippen molar-refractivity contribution < 1.29 is 26.7 Å². The summed E-state index contributed by atoms with van der Waals surface area (Å²) in [6.07, 6.45) is 1.70. The highest BCUT2D eigenvalue weighted by atomic mass is 19.4. The molecule has 0 radical (unpaired) electrons. The van der Waals surface area contributed by atoms with Gasteiger partial charge in [0, 0.05) is 18.4 Å². The summed E-state index contributed by atoms with van der Waals surface area (Å²) < 4.78 is 67.5. The number of alkyl halides is 3. The molecule has 1 aliphatic carbocycles. The topological polar surface area (TPSA) is 75.9 Å². The first-order chi connectivity index (χ1) is 16.2. The number of halogens is 5. The van der Waals surface area contributed by atoms with E-state index in [9.17, 15) is 26.7 Å². The van der Waals surface area contributed by atoms with E-state index in [0.29, 0.717) is 30.9 Å². The second kappa shape index (κ2) is 8.19. The molecule has 2 unspecified atom stereocenters. The van der Waals surface area contributed by atoms with Gasteiger partial charge in [-0.25, -0.2) is 13.8 Å². The van der Waals surface area contributed by atoms with Crippen LogP contribution in [0.2, 0.25) is 0 Å². The predicted octanol–water partition coefficient (Wildman–Crippen LogP) is 4.19. The fourth-order valence-corrected chi connectivity index (χ4v) is 4.37. The SMILES string of the molecule is O=C(c1cccc(F)c1-n1nccn1)N1CC2C=C(Nc3ncc(C(F)(F)F)cc3F)C1CC2. The number of aromatic nitrogens is 4. The Kier molecular flexibility index (Phi) is 5.29. The van der Waals surface area contributed by atoms with E-state index in [4.69, 9.17) is 0 Å². The number of carbonyl (C=O) groups excluding carboxylic acids is 1. The van der Waals surface area contributed by atoms with Gasteiger partial charge in [-0.1, -0.05) is 12.1 Å². The number of nitrogens with zero attached hydrogens (tertiary/aromatic N) is 5. The van der Waals surface area contributed by atoms with Gasteiger partial charge in [0.1, 0.15) is 5.69 Å². The summed E-state index contributed by atoms with van der Waals surface area (Å²) in [5, 5.41) is 10.6. The van der Waals surface area contributed by atoms with E-state index in [1.54, 1.807) is 4.90 Å². The van der Waals surface area contributed by atoms with Gasteiger partial charge in [0.2, 0.25) is 0 Å². The smallest absolute Gasteiger partial charge is 0.340 e. The van der Waals surface area contributed by atoms with E-state index in [2.05, 4.69) is 20.5 Å².